The van der Waals surface area contributed by atoms with Gasteiger partial charge in [0, 0.05) is 5.56 Å². The van der Waals surface area contributed by atoms with E-state index in [2.05, 4.69) is 16.1 Å². The quantitative estimate of drug-likeness (QED) is 0.502. The number of rotatable bonds is 4. The van der Waals surface area contributed by atoms with Crippen LogP contribution in [0.4, 0.5) is 0 Å². The highest BCUT2D eigenvalue weighted by atomic mass is 16.1. The van der Waals surface area contributed by atoms with Gasteiger partial charge in [-0.1, -0.05) is 23.8 Å². The molecule has 2 heterocycles. The molecule has 0 aliphatic rings. The van der Waals surface area contributed by atoms with Crippen LogP contribution < -0.4 is 5.56 Å². The molecule has 0 fully saturated rings. The summed E-state index contributed by atoms with van der Waals surface area (Å²) in [6.45, 7) is 7.81. The number of ketones is 1. The molecule has 0 aliphatic heterocycles. The summed E-state index contributed by atoms with van der Waals surface area (Å²) in [6, 6.07) is 11.8. The van der Waals surface area contributed by atoms with E-state index in [-0.39, 0.29) is 17.9 Å². The minimum Gasteiger partial charge on any atom is -0.292 e. The van der Waals surface area contributed by atoms with Crippen molar-refractivity contribution in [1.29, 1.82) is 0 Å². The number of nitrogens with zero attached hydrogens (tertiary/aromatic N) is 4. The molecule has 0 amide bonds. The van der Waals surface area contributed by atoms with Crippen LogP contribution in [-0.4, -0.2) is 25.1 Å². The Balaban J connectivity index is 1.73. The first kappa shape index (κ1) is 18.8. The van der Waals surface area contributed by atoms with Crippen molar-refractivity contribution in [3.63, 3.8) is 0 Å². The van der Waals surface area contributed by atoms with Crippen molar-refractivity contribution in [1.82, 2.24) is 19.3 Å². The summed E-state index contributed by atoms with van der Waals surface area (Å²) in [6.07, 6.45) is 2.94. The van der Waals surface area contributed by atoms with Crippen LogP contribution in [0.15, 0.2) is 53.7 Å². The van der Waals surface area contributed by atoms with Gasteiger partial charge in [-0.3, -0.25) is 14.2 Å². The molecule has 0 aliphatic carbocycles. The van der Waals surface area contributed by atoms with Crippen molar-refractivity contribution in [3.05, 3.63) is 87.1 Å². The SMILES string of the molecule is Cc1cc(C)cc(-n2ncc3c(=O)n(CC(=O)c4cc(C)ccc4C)cnc32)c1. The fourth-order valence-corrected chi connectivity index (χ4v) is 3.60. The van der Waals surface area contributed by atoms with Gasteiger partial charge in [0.05, 0.1) is 18.4 Å². The standard InChI is InChI=1S/C23H22N4O2/c1-14-5-6-17(4)19(10-14)21(28)12-26-13-24-22-20(23(26)29)11-25-27(22)18-8-15(2)7-16(3)9-18/h5-11,13H,12H2,1-4H3. The molecule has 4 rings (SSSR count). The Kier molecular flexibility index (Phi) is 4.62. The van der Waals surface area contributed by atoms with E-state index in [4.69, 9.17) is 0 Å². The van der Waals surface area contributed by atoms with Crippen molar-refractivity contribution in [2.45, 2.75) is 34.2 Å². The van der Waals surface area contributed by atoms with Gasteiger partial charge in [0.1, 0.15) is 11.7 Å². The van der Waals surface area contributed by atoms with Crippen LogP contribution in [0.25, 0.3) is 16.7 Å². The summed E-state index contributed by atoms with van der Waals surface area (Å²) in [5.74, 6) is -0.115. The number of hydrogen-bond donors (Lipinski definition) is 0. The third kappa shape index (κ3) is 3.49. The van der Waals surface area contributed by atoms with Gasteiger partial charge in [0.25, 0.3) is 5.56 Å². The lowest BCUT2D eigenvalue weighted by molar-refractivity contribution is 0.0970. The lowest BCUT2D eigenvalue weighted by Crippen LogP contribution is -2.25. The lowest BCUT2D eigenvalue weighted by Gasteiger charge is -2.09. The first-order valence-corrected chi connectivity index (χ1v) is 9.46. The van der Waals surface area contributed by atoms with Crippen molar-refractivity contribution in [2.75, 3.05) is 0 Å². The Morgan fingerprint density at radius 3 is 2.41 bits per heavy atom. The summed E-state index contributed by atoms with van der Waals surface area (Å²) in [5.41, 5.74) is 5.81. The van der Waals surface area contributed by atoms with E-state index in [0.717, 1.165) is 27.9 Å². The highest BCUT2D eigenvalue weighted by Crippen LogP contribution is 2.17. The van der Waals surface area contributed by atoms with E-state index in [0.29, 0.717) is 16.6 Å². The average Bonchev–Trinajstić information content (AvgIpc) is 3.10. The summed E-state index contributed by atoms with van der Waals surface area (Å²) in [7, 11) is 0. The van der Waals surface area contributed by atoms with Gasteiger partial charge >= 0.3 is 0 Å². The summed E-state index contributed by atoms with van der Waals surface area (Å²) in [4.78, 5) is 30.1. The van der Waals surface area contributed by atoms with Gasteiger partial charge in [-0.2, -0.15) is 5.10 Å². The molecule has 0 unspecified atom stereocenters. The third-order valence-electron chi connectivity index (χ3n) is 5.01. The van der Waals surface area contributed by atoms with Crippen LogP contribution in [0.3, 0.4) is 0 Å². The van der Waals surface area contributed by atoms with Crippen LogP contribution in [0.1, 0.15) is 32.6 Å². The zero-order valence-electron chi connectivity index (χ0n) is 16.9. The van der Waals surface area contributed by atoms with Gasteiger partial charge in [-0.25, -0.2) is 9.67 Å². The number of carbonyl (C=O) groups is 1. The normalized spacial score (nSPS) is 11.2. The maximum atomic E-state index is 12.9. The first-order chi connectivity index (χ1) is 13.8. The molecule has 6 heteroatoms. The minimum atomic E-state index is -0.274. The zero-order valence-corrected chi connectivity index (χ0v) is 16.9. The van der Waals surface area contributed by atoms with Gasteiger partial charge in [-0.05, 0) is 62.6 Å². The van der Waals surface area contributed by atoms with E-state index in [1.54, 1.807) is 4.68 Å². The minimum absolute atomic E-state index is 0.0548. The van der Waals surface area contributed by atoms with Gasteiger partial charge in [0.2, 0.25) is 0 Å². The molecule has 4 aromatic rings. The van der Waals surface area contributed by atoms with Gasteiger partial charge in [0.15, 0.2) is 11.4 Å². The highest BCUT2D eigenvalue weighted by Gasteiger charge is 2.15. The average molecular weight is 386 g/mol. The summed E-state index contributed by atoms with van der Waals surface area (Å²) < 4.78 is 3.01. The molecule has 0 radical (unpaired) electrons. The molecular formula is C23H22N4O2. The molecule has 0 atom stereocenters. The Labute approximate surface area is 168 Å². The molecule has 6 nitrogen and oxygen atoms in total. The number of fused-ring (bicyclic) bond motifs is 1. The number of aromatic nitrogens is 4. The molecular weight excluding hydrogens is 364 g/mol. The number of carbonyl (C=O) groups excluding carboxylic acids is 1. The maximum Gasteiger partial charge on any atom is 0.264 e. The molecule has 0 bridgehead atoms. The Morgan fingerprint density at radius 1 is 0.966 bits per heavy atom. The zero-order chi connectivity index (χ0) is 20.7. The fraction of sp³-hybridized carbons (Fsp3) is 0.217. The molecule has 29 heavy (non-hydrogen) atoms. The Bertz CT molecular complexity index is 1290. The largest absolute Gasteiger partial charge is 0.292 e. The second kappa shape index (κ2) is 7.13. The van der Waals surface area contributed by atoms with E-state index in [1.165, 1.54) is 17.1 Å². The van der Waals surface area contributed by atoms with Crippen molar-refractivity contribution >= 4 is 16.8 Å². The van der Waals surface area contributed by atoms with Gasteiger partial charge in [-0.15, -0.1) is 0 Å². The molecule has 0 saturated heterocycles. The van der Waals surface area contributed by atoms with E-state index in [9.17, 15) is 9.59 Å². The molecule has 2 aromatic carbocycles. The predicted octanol–water partition coefficient (Wildman–Crippen LogP) is 3.70. The van der Waals surface area contributed by atoms with Crippen LogP contribution >= 0.6 is 0 Å². The predicted molar refractivity (Wildman–Crippen MR) is 113 cm³/mol. The number of benzene rings is 2. The first-order valence-electron chi connectivity index (χ1n) is 9.46. The summed E-state index contributed by atoms with van der Waals surface area (Å²) >= 11 is 0. The topological polar surface area (TPSA) is 69.8 Å². The molecule has 146 valence electrons. The Morgan fingerprint density at radius 2 is 1.69 bits per heavy atom. The molecule has 0 spiro atoms. The highest BCUT2D eigenvalue weighted by molar-refractivity contribution is 5.97. The van der Waals surface area contributed by atoms with Crippen molar-refractivity contribution < 1.29 is 4.79 Å². The lowest BCUT2D eigenvalue weighted by atomic mass is 10.0. The smallest absolute Gasteiger partial charge is 0.264 e. The van der Waals surface area contributed by atoms with Crippen LogP contribution in [0.2, 0.25) is 0 Å². The molecule has 2 aromatic heterocycles. The summed E-state index contributed by atoms with van der Waals surface area (Å²) in [5, 5.41) is 4.76. The number of hydrogen-bond acceptors (Lipinski definition) is 4. The second-order valence-electron chi connectivity index (χ2n) is 7.56. The molecule has 0 saturated carbocycles. The van der Waals surface area contributed by atoms with Crippen molar-refractivity contribution in [2.24, 2.45) is 0 Å². The van der Waals surface area contributed by atoms with E-state index < -0.39 is 0 Å². The second-order valence-corrected chi connectivity index (χ2v) is 7.56. The van der Waals surface area contributed by atoms with E-state index >= 15 is 0 Å². The van der Waals surface area contributed by atoms with Gasteiger partial charge < -0.3 is 0 Å². The molecule has 0 N–H and O–H groups in total. The fourth-order valence-electron chi connectivity index (χ4n) is 3.60. The monoisotopic (exact) mass is 386 g/mol. The van der Waals surface area contributed by atoms with Crippen LogP contribution in [0.5, 0.6) is 0 Å². The third-order valence-corrected chi connectivity index (χ3v) is 5.01. The van der Waals surface area contributed by atoms with Crippen LogP contribution in [0, 0.1) is 27.7 Å². The van der Waals surface area contributed by atoms with E-state index in [1.807, 2.05) is 58.0 Å². The number of aryl methyl sites for hydroxylation is 4. The Hall–Kier alpha value is -3.54. The van der Waals surface area contributed by atoms with Crippen LogP contribution in [-0.2, 0) is 6.54 Å². The number of Topliss-reactive ketones (excluding diaryl/α,β-unsaturated/α-hetero) is 1. The maximum absolute atomic E-state index is 12.9. The van der Waals surface area contributed by atoms with Crippen molar-refractivity contribution in [3.8, 4) is 5.69 Å².